The minimum atomic E-state index is 0.259. The monoisotopic (exact) mass is 282 g/mol. The van der Waals surface area contributed by atoms with Crippen LogP contribution < -0.4 is 5.73 Å². The molecule has 0 amide bonds. The maximum Gasteiger partial charge on any atom is 0.0698 e. The third-order valence-corrected chi connectivity index (χ3v) is 5.49. The number of methoxy groups -OCH3 is 1. The minimum absolute atomic E-state index is 0.259. The second-order valence-electron chi connectivity index (χ2n) is 7.47. The van der Waals surface area contributed by atoms with Crippen LogP contribution in [0.2, 0.25) is 0 Å². The largest absolute Gasteiger partial charge is 0.380 e. The maximum absolute atomic E-state index is 6.27. The lowest BCUT2D eigenvalue weighted by molar-refractivity contribution is -0.0399. The van der Waals surface area contributed by atoms with E-state index < -0.39 is 0 Å². The first-order valence-corrected chi connectivity index (χ1v) is 8.57. The van der Waals surface area contributed by atoms with Gasteiger partial charge in [-0.1, -0.05) is 26.7 Å². The van der Waals surface area contributed by atoms with Crippen LogP contribution >= 0.6 is 0 Å². The highest BCUT2D eigenvalue weighted by atomic mass is 16.5. The molecule has 0 spiro atoms. The molecule has 118 valence electrons. The molecule has 0 radical (unpaired) electrons. The number of rotatable bonds is 5. The summed E-state index contributed by atoms with van der Waals surface area (Å²) in [6.45, 7) is 7.81. The molecule has 3 unspecified atom stereocenters. The van der Waals surface area contributed by atoms with Gasteiger partial charge in [-0.2, -0.15) is 0 Å². The number of nitrogens with zero attached hydrogens (tertiary/aromatic N) is 1. The molecule has 1 aliphatic heterocycles. The van der Waals surface area contributed by atoms with Gasteiger partial charge in [0.05, 0.1) is 6.10 Å². The van der Waals surface area contributed by atoms with Gasteiger partial charge in [-0.05, 0) is 50.5 Å². The van der Waals surface area contributed by atoms with Gasteiger partial charge in [0.2, 0.25) is 0 Å². The van der Waals surface area contributed by atoms with Crippen LogP contribution in [0.3, 0.4) is 0 Å². The molecule has 0 aromatic rings. The summed E-state index contributed by atoms with van der Waals surface area (Å²) >= 11 is 0. The van der Waals surface area contributed by atoms with Crippen molar-refractivity contribution in [3.63, 3.8) is 0 Å². The molecule has 2 rings (SSSR count). The van der Waals surface area contributed by atoms with E-state index >= 15 is 0 Å². The second-order valence-corrected chi connectivity index (χ2v) is 7.47. The van der Waals surface area contributed by atoms with E-state index in [1.54, 1.807) is 0 Å². The van der Waals surface area contributed by atoms with Crippen LogP contribution in [0.1, 0.15) is 58.8 Å². The zero-order chi connectivity index (χ0) is 14.6. The normalized spacial score (nSPS) is 36.5. The van der Waals surface area contributed by atoms with Crippen molar-refractivity contribution in [1.82, 2.24) is 4.90 Å². The van der Waals surface area contributed by atoms with Gasteiger partial charge >= 0.3 is 0 Å². The van der Waals surface area contributed by atoms with E-state index in [2.05, 4.69) is 18.7 Å². The van der Waals surface area contributed by atoms with Crippen LogP contribution in [0.5, 0.6) is 0 Å². The highest BCUT2D eigenvalue weighted by Crippen LogP contribution is 2.40. The lowest BCUT2D eigenvalue weighted by atomic mass is 9.71. The first kappa shape index (κ1) is 16.3. The molecule has 20 heavy (non-hydrogen) atoms. The highest BCUT2D eigenvalue weighted by molar-refractivity contribution is 4.98. The fourth-order valence-electron chi connectivity index (χ4n) is 4.49. The van der Waals surface area contributed by atoms with Crippen LogP contribution in [0.4, 0.5) is 0 Å². The molecule has 0 bridgehead atoms. The Hall–Kier alpha value is -0.120. The quantitative estimate of drug-likeness (QED) is 0.842. The molecule has 2 N–H and O–H groups in total. The summed E-state index contributed by atoms with van der Waals surface area (Å²) in [5, 5.41) is 0. The van der Waals surface area contributed by atoms with Crippen LogP contribution in [-0.2, 0) is 4.74 Å². The molecule has 1 saturated heterocycles. The number of ether oxygens (including phenoxy) is 1. The summed E-state index contributed by atoms with van der Waals surface area (Å²) in [6.07, 6.45) is 9.59. The Labute approximate surface area is 125 Å². The Kier molecular flexibility index (Phi) is 5.88. The SMILES string of the molecule is COC1CCCN(C2(CN)CCCC(CC(C)C)C2)C1. The molecule has 1 aliphatic carbocycles. The van der Waals surface area contributed by atoms with Gasteiger partial charge in [-0.3, -0.25) is 4.90 Å². The summed E-state index contributed by atoms with van der Waals surface area (Å²) in [7, 11) is 1.85. The number of likely N-dealkylation sites (tertiary alicyclic amines) is 1. The van der Waals surface area contributed by atoms with Gasteiger partial charge < -0.3 is 10.5 Å². The maximum atomic E-state index is 6.27. The van der Waals surface area contributed by atoms with E-state index in [9.17, 15) is 0 Å². The van der Waals surface area contributed by atoms with Gasteiger partial charge in [-0.15, -0.1) is 0 Å². The first-order valence-electron chi connectivity index (χ1n) is 8.57. The molecule has 1 heterocycles. The summed E-state index contributed by atoms with van der Waals surface area (Å²) in [6, 6.07) is 0. The predicted molar refractivity (Wildman–Crippen MR) is 84.8 cm³/mol. The van der Waals surface area contributed by atoms with Crippen molar-refractivity contribution >= 4 is 0 Å². The van der Waals surface area contributed by atoms with Crippen LogP contribution in [0.15, 0.2) is 0 Å². The van der Waals surface area contributed by atoms with Crippen LogP contribution in [0.25, 0.3) is 0 Å². The van der Waals surface area contributed by atoms with E-state index in [0.29, 0.717) is 6.10 Å². The zero-order valence-electron chi connectivity index (χ0n) is 13.7. The molecule has 2 fully saturated rings. The van der Waals surface area contributed by atoms with Crippen LogP contribution in [-0.4, -0.2) is 43.3 Å². The minimum Gasteiger partial charge on any atom is -0.380 e. The van der Waals surface area contributed by atoms with Gasteiger partial charge in [0.1, 0.15) is 0 Å². The van der Waals surface area contributed by atoms with Gasteiger partial charge in [-0.25, -0.2) is 0 Å². The average Bonchev–Trinajstić information content (AvgIpc) is 2.46. The topological polar surface area (TPSA) is 38.5 Å². The van der Waals surface area contributed by atoms with Crippen molar-refractivity contribution in [3.8, 4) is 0 Å². The van der Waals surface area contributed by atoms with E-state index in [-0.39, 0.29) is 5.54 Å². The summed E-state index contributed by atoms with van der Waals surface area (Å²) in [5.41, 5.74) is 6.53. The predicted octanol–water partition coefficient (Wildman–Crippen LogP) is 3.03. The van der Waals surface area contributed by atoms with Crippen molar-refractivity contribution in [2.45, 2.75) is 70.4 Å². The van der Waals surface area contributed by atoms with E-state index in [1.807, 2.05) is 7.11 Å². The standard InChI is InChI=1S/C17H34N2O/c1-14(2)10-15-6-4-8-17(11-15,13-18)19-9-5-7-16(12-19)20-3/h14-16H,4-13,18H2,1-3H3. The van der Waals surface area contributed by atoms with Crippen LogP contribution in [0, 0.1) is 11.8 Å². The molecule has 3 heteroatoms. The van der Waals surface area contributed by atoms with E-state index in [4.69, 9.17) is 10.5 Å². The lowest BCUT2D eigenvalue weighted by Crippen LogP contribution is -2.60. The summed E-state index contributed by atoms with van der Waals surface area (Å²) in [5.74, 6) is 1.68. The molecule has 0 aromatic heterocycles. The molecule has 1 saturated carbocycles. The average molecular weight is 282 g/mol. The van der Waals surface area contributed by atoms with E-state index in [0.717, 1.165) is 24.9 Å². The second kappa shape index (κ2) is 7.24. The number of hydrogen-bond donors (Lipinski definition) is 1. The zero-order valence-corrected chi connectivity index (χ0v) is 13.7. The Balaban J connectivity index is 2.03. The molecular weight excluding hydrogens is 248 g/mol. The summed E-state index contributed by atoms with van der Waals surface area (Å²) < 4.78 is 5.61. The summed E-state index contributed by atoms with van der Waals surface area (Å²) in [4.78, 5) is 2.68. The Morgan fingerprint density at radius 3 is 2.75 bits per heavy atom. The Bertz CT molecular complexity index is 295. The van der Waals surface area contributed by atoms with Crippen molar-refractivity contribution < 1.29 is 4.74 Å². The lowest BCUT2D eigenvalue weighted by Gasteiger charge is -2.51. The van der Waals surface area contributed by atoms with Crippen molar-refractivity contribution in [2.75, 3.05) is 26.7 Å². The van der Waals surface area contributed by atoms with Gasteiger partial charge in [0.15, 0.2) is 0 Å². The fraction of sp³-hybridized carbons (Fsp3) is 1.00. The number of piperidine rings is 1. The Morgan fingerprint density at radius 2 is 2.10 bits per heavy atom. The number of hydrogen-bond acceptors (Lipinski definition) is 3. The third kappa shape index (κ3) is 3.75. The van der Waals surface area contributed by atoms with E-state index in [1.165, 1.54) is 51.5 Å². The molecular formula is C17H34N2O. The van der Waals surface area contributed by atoms with Crippen molar-refractivity contribution in [2.24, 2.45) is 17.6 Å². The van der Waals surface area contributed by atoms with Gasteiger partial charge in [0, 0.05) is 25.7 Å². The van der Waals surface area contributed by atoms with Crippen molar-refractivity contribution in [1.29, 1.82) is 0 Å². The van der Waals surface area contributed by atoms with Gasteiger partial charge in [0.25, 0.3) is 0 Å². The molecule has 3 atom stereocenters. The fourth-order valence-corrected chi connectivity index (χ4v) is 4.49. The Morgan fingerprint density at radius 1 is 1.30 bits per heavy atom. The highest BCUT2D eigenvalue weighted by Gasteiger charge is 2.41. The molecule has 3 nitrogen and oxygen atoms in total. The smallest absolute Gasteiger partial charge is 0.0698 e. The first-order chi connectivity index (χ1) is 9.59. The number of nitrogens with two attached hydrogens (primary N) is 1. The third-order valence-electron chi connectivity index (χ3n) is 5.49. The molecule has 2 aliphatic rings. The molecule has 0 aromatic carbocycles. The van der Waals surface area contributed by atoms with Crippen molar-refractivity contribution in [3.05, 3.63) is 0 Å².